The van der Waals surface area contributed by atoms with Crippen LogP contribution in [0.15, 0.2) is 23.1 Å². The fourth-order valence-corrected chi connectivity index (χ4v) is 1.42. The second kappa shape index (κ2) is 3.97. The van der Waals surface area contributed by atoms with Crippen LogP contribution in [0.3, 0.4) is 0 Å². The molecule has 0 saturated heterocycles. The maximum absolute atomic E-state index is 11.6. The summed E-state index contributed by atoms with van der Waals surface area (Å²) in [4.78, 5) is 15.5. The third-order valence-corrected chi connectivity index (χ3v) is 2.39. The minimum atomic E-state index is -0.354. The van der Waals surface area contributed by atoms with Crippen LogP contribution in [-0.2, 0) is 6.54 Å². The Hall–Kier alpha value is -1.82. The maximum Gasteiger partial charge on any atom is 0.364 e. The number of nitrogens with two attached hydrogens (primary N) is 1. The van der Waals surface area contributed by atoms with Crippen LogP contribution in [-0.4, -0.2) is 19.4 Å². The van der Waals surface area contributed by atoms with E-state index in [-0.39, 0.29) is 5.69 Å². The van der Waals surface area contributed by atoms with E-state index in [1.165, 1.54) is 4.68 Å². The van der Waals surface area contributed by atoms with Gasteiger partial charge in [0.05, 0.1) is 6.54 Å². The van der Waals surface area contributed by atoms with Crippen molar-refractivity contribution in [2.75, 3.05) is 5.84 Å². The third kappa shape index (κ3) is 1.92. The first-order valence-electron chi connectivity index (χ1n) is 4.60. The monoisotopic (exact) mass is 239 g/mol. The first kappa shape index (κ1) is 10.7. The largest absolute Gasteiger partial charge is 0.364 e. The highest BCUT2D eigenvalue weighted by molar-refractivity contribution is 6.29. The Morgan fingerprint density at radius 2 is 2.25 bits per heavy atom. The van der Waals surface area contributed by atoms with E-state index < -0.39 is 0 Å². The second-order valence-electron chi connectivity index (χ2n) is 3.35. The number of aryl methyl sites for hydroxylation is 1. The van der Waals surface area contributed by atoms with Gasteiger partial charge in [-0.15, -0.1) is 0 Å². The van der Waals surface area contributed by atoms with Crippen molar-refractivity contribution in [3.05, 3.63) is 45.4 Å². The molecule has 0 aliphatic heterocycles. The van der Waals surface area contributed by atoms with E-state index in [0.717, 1.165) is 10.2 Å². The summed E-state index contributed by atoms with van der Waals surface area (Å²) in [7, 11) is 0. The minimum Gasteiger partial charge on any atom is -0.333 e. The van der Waals surface area contributed by atoms with Gasteiger partial charge >= 0.3 is 5.69 Å². The standard InChI is InChI=1S/C9H10ClN5O/c1-6-13-14(9(16)15(6)11)5-7-2-3-8(10)12-4-7/h2-4H,5,11H2,1H3. The smallest absolute Gasteiger partial charge is 0.333 e. The van der Waals surface area contributed by atoms with Crippen molar-refractivity contribution in [2.45, 2.75) is 13.5 Å². The van der Waals surface area contributed by atoms with Crippen molar-refractivity contribution in [2.24, 2.45) is 0 Å². The van der Waals surface area contributed by atoms with Crippen molar-refractivity contribution < 1.29 is 0 Å². The van der Waals surface area contributed by atoms with E-state index in [0.29, 0.717) is 17.5 Å². The maximum atomic E-state index is 11.6. The molecule has 2 rings (SSSR count). The van der Waals surface area contributed by atoms with Gasteiger partial charge in [-0.1, -0.05) is 17.7 Å². The molecule has 2 N–H and O–H groups in total. The van der Waals surface area contributed by atoms with Gasteiger partial charge in [0.15, 0.2) is 0 Å². The first-order chi connectivity index (χ1) is 7.58. The molecular weight excluding hydrogens is 230 g/mol. The average molecular weight is 240 g/mol. The molecule has 0 aliphatic rings. The number of halogens is 1. The Bertz CT molecular complexity index is 556. The van der Waals surface area contributed by atoms with Crippen LogP contribution in [0.2, 0.25) is 5.15 Å². The fraction of sp³-hybridized carbons (Fsp3) is 0.222. The van der Waals surface area contributed by atoms with Gasteiger partial charge in [0.1, 0.15) is 11.0 Å². The summed E-state index contributed by atoms with van der Waals surface area (Å²) in [6.45, 7) is 1.99. The Kier molecular flexibility index (Phi) is 2.66. The molecule has 0 spiro atoms. The van der Waals surface area contributed by atoms with Crippen LogP contribution in [0, 0.1) is 6.92 Å². The van der Waals surface area contributed by atoms with Crippen molar-refractivity contribution in [1.29, 1.82) is 0 Å². The van der Waals surface area contributed by atoms with E-state index in [1.807, 2.05) is 0 Å². The molecule has 2 aromatic heterocycles. The zero-order valence-corrected chi connectivity index (χ0v) is 9.35. The second-order valence-corrected chi connectivity index (χ2v) is 3.73. The molecule has 0 amide bonds. The predicted molar refractivity (Wildman–Crippen MR) is 59.7 cm³/mol. The minimum absolute atomic E-state index is 0.327. The zero-order valence-electron chi connectivity index (χ0n) is 8.59. The molecule has 0 fully saturated rings. The fourth-order valence-electron chi connectivity index (χ4n) is 1.30. The van der Waals surface area contributed by atoms with Crippen LogP contribution < -0.4 is 11.5 Å². The number of hydrogen-bond acceptors (Lipinski definition) is 4. The lowest BCUT2D eigenvalue weighted by molar-refractivity contribution is 0.647. The molecule has 2 heterocycles. The number of aromatic nitrogens is 4. The van der Waals surface area contributed by atoms with Crippen molar-refractivity contribution in [3.63, 3.8) is 0 Å². The lowest BCUT2D eigenvalue weighted by Crippen LogP contribution is -2.30. The summed E-state index contributed by atoms with van der Waals surface area (Å²) < 4.78 is 2.28. The van der Waals surface area contributed by atoms with Crippen LogP contribution in [0.1, 0.15) is 11.4 Å². The summed E-state index contributed by atoms with van der Waals surface area (Å²) in [6.07, 6.45) is 1.60. The van der Waals surface area contributed by atoms with Gasteiger partial charge in [-0.2, -0.15) is 9.77 Å². The summed E-state index contributed by atoms with van der Waals surface area (Å²) in [5.41, 5.74) is 0.483. The summed E-state index contributed by atoms with van der Waals surface area (Å²) >= 11 is 5.66. The molecule has 2 aromatic rings. The summed E-state index contributed by atoms with van der Waals surface area (Å²) in [6, 6.07) is 3.45. The molecular formula is C9H10ClN5O. The van der Waals surface area contributed by atoms with Crippen LogP contribution in [0.4, 0.5) is 0 Å². The molecule has 0 atom stereocenters. The van der Waals surface area contributed by atoms with Crippen LogP contribution in [0.5, 0.6) is 0 Å². The highest BCUT2D eigenvalue weighted by Crippen LogP contribution is 2.05. The van der Waals surface area contributed by atoms with E-state index in [1.54, 1.807) is 25.3 Å². The quantitative estimate of drug-likeness (QED) is 0.598. The van der Waals surface area contributed by atoms with Crippen molar-refractivity contribution >= 4 is 11.6 Å². The Morgan fingerprint density at radius 3 is 2.75 bits per heavy atom. The van der Waals surface area contributed by atoms with Gasteiger partial charge < -0.3 is 5.84 Å². The lowest BCUT2D eigenvalue weighted by atomic mass is 10.3. The molecule has 0 unspecified atom stereocenters. The molecule has 7 heteroatoms. The Labute approximate surface area is 96.2 Å². The number of nitrogen functional groups attached to an aromatic ring is 1. The highest BCUT2D eigenvalue weighted by Gasteiger charge is 2.07. The summed E-state index contributed by atoms with van der Waals surface area (Å²) in [5.74, 6) is 5.93. The van der Waals surface area contributed by atoms with Gasteiger partial charge in [0, 0.05) is 6.20 Å². The van der Waals surface area contributed by atoms with E-state index in [9.17, 15) is 4.79 Å². The van der Waals surface area contributed by atoms with Gasteiger partial charge in [0.2, 0.25) is 0 Å². The number of pyridine rings is 1. The molecule has 0 saturated carbocycles. The Morgan fingerprint density at radius 1 is 1.50 bits per heavy atom. The Balaban J connectivity index is 2.30. The zero-order chi connectivity index (χ0) is 11.7. The molecule has 0 aromatic carbocycles. The molecule has 84 valence electrons. The van der Waals surface area contributed by atoms with Crippen LogP contribution >= 0.6 is 11.6 Å². The normalized spacial score (nSPS) is 10.6. The predicted octanol–water partition coefficient (Wildman–Crippen LogP) is 0.164. The number of nitrogens with zero attached hydrogens (tertiary/aromatic N) is 4. The van der Waals surface area contributed by atoms with E-state index >= 15 is 0 Å². The molecule has 6 nitrogen and oxygen atoms in total. The molecule has 16 heavy (non-hydrogen) atoms. The molecule has 0 aliphatic carbocycles. The van der Waals surface area contributed by atoms with Crippen molar-refractivity contribution in [3.8, 4) is 0 Å². The highest BCUT2D eigenvalue weighted by atomic mass is 35.5. The average Bonchev–Trinajstić information content (AvgIpc) is 2.50. The van der Waals surface area contributed by atoms with Crippen molar-refractivity contribution in [1.82, 2.24) is 19.4 Å². The molecule has 0 bridgehead atoms. The van der Waals surface area contributed by atoms with Crippen LogP contribution in [0.25, 0.3) is 0 Å². The summed E-state index contributed by atoms with van der Waals surface area (Å²) in [5, 5.41) is 4.42. The van der Waals surface area contributed by atoms with E-state index in [4.69, 9.17) is 17.4 Å². The number of hydrogen-bond donors (Lipinski definition) is 1. The van der Waals surface area contributed by atoms with Gasteiger partial charge in [-0.05, 0) is 18.6 Å². The molecule has 0 radical (unpaired) electrons. The topological polar surface area (TPSA) is 78.7 Å². The van der Waals surface area contributed by atoms with E-state index in [2.05, 4.69) is 10.1 Å². The third-order valence-electron chi connectivity index (χ3n) is 2.16. The number of rotatable bonds is 2. The van der Waals surface area contributed by atoms with Gasteiger partial charge in [0.25, 0.3) is 0 Å². The SMILES string of the molecule is Cc1nn(Cc2ccc(Cl)nc2)c(=O)n1N. The lowest BCUT2D eigenvalue weighted by Gasteiger charge is -1.99. The van der Waals surface area contributed by atoms with Gasteiger partial charge in [-0.25, -0.2) is 14.5 Å². The van der Waals surface area contributed by atoms with Gasteiger partial charge in [-0.3, -0.25) is 0 Å². The first-order valence-corrected chi connectivity index (χ1v) is 4.97.